The number of hydrogen-bond acceptors (Lipinski definition) is 4. The fourth-order valence-corrected chi connectivity index (χ4v) is 6.26. The first-order chi connectivity index (χ1) is 18.3. The summed E-state index contributed by atoms with van der Waals surface area (Å²) in [6.45, 7) is 0.175. The predicted molar refractivity (Wildman–Crippen MR) is 156 cm³/mol. The molecule has 1 aromatic heterocycles. The van der Waals surface area contributed by atoms with Crippen LogP contribution in [0, 0.1) is 0 Å². The van der Waals surface area contributed by atoms with Gasteiger partial charge in [0.25, 0.3) is 5.91 Å². The van der Waals surface area contributed by atoms with Crippen LogP contribution in [0.5, 0.6) is 0 Å². The van der Waals surface area contributed by atoms with Gasteiger partial charge in [0.05, 0.1) is 29.4 Å². The monoisotopic (exact) mass is 560 g/mol. The van der Waals surface area contributed by atoms with Gasteiger partial charge in [0.15, 0.2) is 0 Å². The summed E-state index contributed by atoms with van der Waals surface area (Å²) in [6.07, 6.45) is 1.19. The molecule has 1 heterocycles. The summed E-state index contributed by atoms with van der Waals surface area (Å²) in [5.74, 6) is -0.188. The maximum absolute atomic E-state index is 13.4. The van der Waals surface area contributed by atoms with E-state index in [1.54, 1.807) is 18.2 Å². The van der Waals surface area contributed by atoms with Gasteiger partial charge in [0, 0.05) is 9.72 Å². The Labute approximate surface area is 231 Å². The third kappa shape index (κ3) is 5.91. The Morgan fingerprint density at radius 3 is 2.05 bits per heavy atom. The van der Waals surface area contributed by atoms with E-state index in [9.17, 15) is 13.2 Å². The summed E-state index contributed by atoms with van der Waals surface area (Å²) >= 11 is 7.36. The van der Waals surface area contributed by atoms with E-state index in [1.165, 1.54) is 21.9 Å². The molecular weight excluding hydrogens is 536 g/mol. The average Bonchev–Trinajstić information content (AvgIpc) is 3.35. The topological polar surface area (TPSA) is 66.5 Å². The number of carbonyl (C=O) groups excluding carboxylic acids is 1. The average molecular weight is 561 g/mol. The van der Waals surface area contributed by atoms with Crippen molar-refractivity contribution >= 4 is 54.6 Å². The van der Waals surface area contributed by atoms with Crippen LogP contribution in [-0.2, 0) is 16.6 Å². The van der Waals surface area contributed by atoms with Crippen molar-refractivity contribution in [2.75, 3.05) is 10.6 Å². The maximum atomic E-state index is 13.4. The summed E-state index contributed by atoms with van der Waals surface area (Å²) in [4.78, 5) is 14.0. The van der Waals surface area contributed by atoms with Crippen LogP contribution in [0.25, 0.3) is 10.1 Å². The minimum absolute atomic E-state index is 0.175. The number of benzene rings is 4. The normalized spacial score (nSPS) is 11.6. The van der Waals surface area contributed by atoms with Crippen molar-refractivity contribution in [3.8, 4) is 0 Å². The van der Waals surface area contributed by atoms with Crippen LogP contribution >= 0.6 is 22.9 Å². The fraction of sp³-hybridized carbons (Fsp3) is 0.100. The standard InChI is InChI=1S/C30H25ClN2O3S2/c1-38(35,36)33(20-21-12-14-25(31)15-13-21)26-16-17-27-24(18-26)19-28(37-27)30(34)32-29(22-8-4-2-5-9-22)23-10-6-3-7-11-23/h2-19,29H,20H2,1H3,(H,32,34). The lowest BCUT2D eigenvalue weighted by atomic mass is 9.98. The molecule has 38 heavy (non-hydrogen) atoms. The molecule has 1 N–H and O–H groups in total. The van der Waals surface area contributed by atoms with E-state index in [0.717, 1.165) is 26.8 Å². The molecule has 0 aliphatic carbocycles. The molecule has 0 unspecified atom stereocenters. The summed E-state index contributed by atoms with van der Waals surface area (Å²) in [5.41, 5.74) is 3.33. The highest BCUT2D eigenvalue weighted by molar-refractivity contribution is 7.92. The number of amides is 1. The maximum Gasteiger partial charge on any atom is 0.262 e. The Morgan fingerprint density at radius 1 is 0.868 bits per heavy atom. The van der Waals surface area contributed by atoms with Gasteiger partial charge in [-0.3, -0.25) is 9.10 Å². The van der Waals surface area contributed by atoms with Crippen molar-refractivity contribution in [2.24, 2.45) is 0 Å². The van der Waals surface area contributed by atoms with E-state index < -0.39 is 10.0 Å². The van der Waals surface area contributed by atoms with Gasteiger partial charge in [-0.25, -0.2) is 8.42 Å². The highest BCUT2D eigenvalue weighted by Gasteiger charge is 2.21. The zero-order valence-electron chi connectivity index (χ0n) is 20.5. The molecule has 5 aromatic rings. The van der Waals surface area contributed by atoms with E-state index in [-0.39, 0.29) is 18.5 Å². The lowest BCUT2D eigenvalue weighted by molar-refractivity contribution is 0.0947. The number of carbonyl (C=O) groups is 1. The van der Waals surface area contributed by atoms with Crippen LogP contribution < -0.4 is 9.62 Å². The molecule has 0 aliphatic rings. The highest BCUT2D eigenvalue weighted by atomic mass is 35.5. The first kappa shape index (κ1) is 26.0. The Morgan fingerprint density at radius 2 is 1.47 bits per heavy atom. The van der Waals surface area contributed by atoms with Crippen LogP contribution in [0.4, 0.5) is 5.69 Å². The Hall–Kier alpha value is -3.65. The lowest BCUT2D eigenvalue weighted by Crippen LogP contribution is -2.29. The molecular formula is C30H25ClN2O3S2. The smallest absolute Gasteiger partial charge is 0.262 e. The molecule has 0 fully saturated rings. The van der Waals surface area contributed by atoms with E-state index in [4.69, 9.17) is 11.6 Å². The lowest BCUT2D eigenvalue weighted by Gasteiger charge is -2.22. The number of anilines is 1. The van der Waals surface area contributed by atoms with E-state index in [2.05, 4.69) is 5.32 Å². The summed E-state index contributed by atoms with van der Waals surface area (Å²) in [6, 6.07) is 33.7. The van der Waals surface area contributed by atoms with Gasteiger partial charge in [-0.15, -0.1) is 11.3 Å². The first-order valence-electron chi connectivity index (χ1n) is 11.9. The van der Waals surface area contributed by atoms with Crippen LogP contribution in [0.3, 0.4) is 0 Å². The molecule has 0 radical (unpaired) electrons. The third-order valence-corrected chi connectivity index (χ3v) is 8.70. The first-order valence-corrected chi connectivity index (χ1v) is 15.0. The molecule has 0 spiro atoms. The molecule has 0 aliphatic heterocycles. The second-order valence-electron chi connectivity index (χ2n) is 8.96. The predicted octanol–water partition coefficient (Wildman–Crippen LogP) is 7.04. The van der Waals surface area contributed by atoms with Gasteiger partial charge >= 0.3 is 0 Å². The van der Waals surface area contributed by atoms with Crippen LogP contribution in [0.15, 0.2) is 109 Å². The minimum atomic E-state index is -3.56. The van der Waals surface area contributed by atoms with Gasteiger partial charge in [-0.2, -0.15) is 0 Å². The Balaban J connectivity index is 1.44. The molecule has 0 atom stereocenters. The number of fused-ring (bicyclic) bond motifs is 1. The van der Waals surface area contributed by atoms with Crippen molar-refractivity contribution in [1.82, 2.24) is 5.32 Å². The van der Waals surface area contributed by atoms with Crippen LogP contribution in [0.2, 0.25) is 5.02 Å². The number of rotatable bonds is 8. The molecule has 4 aromatic carbocycles. The minimum Gasteiger partial charge on any atom is -0.340 e. The molecule has 0 saturated carbocycles. The van der Waals surface area contributed by atoms with Crippen molar-refractivity contribution < 1.29 is 13.2 Å². The zero-order chi connectivity index (χ0) is 26.7. The second-order valence-corrected chi connectivity index (χ2v) is 12.4. The van der Waals surface area contributed by atoms with Crippen molar-refractivity contribution in [3.05, 3.63) is 136 Å². The Kier molecular flexibility index (Phi) is 7.51. The molecule has 8 heteroatoms. The van der Waals surface area contributed by atoms with Crippen LogP contribution in [-0.4, -0.2) is 20.6 Å². The summed E-state index contributed by atoms with van der Waals surface area (Å²) < 4.78 is 27.6. The van der Waals surface area contributed by atoms with Crippen molar-refractivity contribution in [2.45, 2.75) is 12.6 Å². The highest BCUT2D eigenvalue weighted by Crippen LogP contribution is 2.32. The van der Waals surface area contributed by atoms with Crippen LogP contribution in [0.1, 0.15) is 32.4 Å². The number of hydrogen-bond donors (Lipinski definition) is 1. The molecule has 0 bridgehead atoms. The number of halogens is 1. The van der Waals surface area contributed by atoms with Crippen molar-refractivity contribution in [1.29, 1.82) is 0 Å². The molecule has 5 rings (SSSR count). The second kappa shape index (κ2) is 11.0. The molecule has 5 nitrogen and oxygen atoms in total. The molecule has 0 saturated heterocycles. The van der Waals surface area contributed by atoms with E-state index in [1.807, 2.05) is 91.0 Å². The van der Waals surface area contributed by atoms with E-state index >= 15 is 0 Å². The van der Waals surface area contributed by atoms with Gasteiger partial charge < -0.3 is 5.32 Å². The number of nitrogens with one attached hydrogen (secondary N) is 1. The van der Waals surface area contributed by atoms with Gasteiger partial charge in [0.2, 0.25) is 10.0 Å². The summed E-state index contributed by atoms with van der Waals surface area (Å²) in [5, 5.41) is 4.57. The number of thiophene rings is 1. The Bertz CT molecular complexity index is 1630. The molecule has 1 amide bonds. The number of nitrogens with zero attached hydrogens (tertiary/aromatic N) is 1. The largest absolute Gasteiger partial charge is 0.340 e. The van der Waals surface area contributed by atoms with E-state index in [0.29, 0.717) is 15.6 Å². The zero-order valence-corrected chi connectivity index (χ0v) is 22.9. The van der Waals surface area contributed by atoms with Gasteiger partial charge in [-0.1, -0.05) is 84.4 Å². The van der Waals surface area contributed by atoms with Gasteiger partial charge in [0.1, 0.15) is 0 Å². The van der Waals surface area contributed by atoms with Gasteiger partial charge in [-0.05, 0) is 58.5 Å². The molecule has 192 valence electrons. The summed E-state index contributed by atoms with van der Waals surface area (Å²) in [7, 11) is -3.56. The third-order valence-electron chi connectivity index (χ3n) is 6.19. The SMILES string of the molecule is CS(=O)(=O)N(Cc1ccc(Cl)cc1)c1ccc2sc(C(=O)NC(c3ccccc3)c3ccccc3)cc2c1. The van der Waals surface area contributed by atoms with Crippen molar-refractivity contribution in [3.63, 3.8) is 0 Å². The quantitative estimate of drug-likeness (QED) is 0.221. The fourth-order valence-electron chi connectivity index (χ4n) is 4.31. The number of sulfonamides is 1.